The quantitative estimate of drug-likeness (QED) is 0.907. The van der Waals surface area contributed by atoms with E-state index in [9.17, 15) is 13.6 Å². The van der Waals surface area contributed by atoms with Crippen molar-refractivity contribution in [3.8, 4) is 0 Å². The predicted octanol–water partition coefficient (Wildman–Crippen LogP) is 4.03. The standard InChI is InChI=1S/C17H15F2NO/c18-14-8-7-13(11-15(14)19)20-16(21)17(9-4-10-17)12-5-2-1-3-6-12/h1-3,5-8,11H,4,9-10H2,(H,20,21). The van der Waals surface area contributed by atoms with E-state index < -0.39 is 17.0 Å². The third-order valence-corrected chi connectivity index (χ3v) is 4.15. The number of halogens is 2. The van der Waals surface area contributed by atoms with Crippen LogP contribution >= 0.6 is 0 Å². The van der Waals surface area contributed by atoms with Crippen LogP contribution in [0.2, 0.25) is 0 Å². The molecular formula is C17H15F2NO. The summed E-state index contributed by atoms with van der Waals surface area (Å²) in [6.45, 7) is 0. The molecule has 0 saturated heterocycles. The molecule has 2 nitrogen and oxygen atoms in total. The van der Waals surface area contributed by atoms with E-state index >= 15 is 0 Å². The first-order chi connectivity index (χ1) is 10.1. The first kappa shape index (κ1) is 13.7. The summed E-state index contributed by atoms with van der Waals surface area (Å²) >= 11 is 0. The zero-order valence-corrected chi connectivity index (χ0v) is 11.4. The van der Waals surface area contributed by atoms with Crippen LogP contribution in [0.15, 0.2) is 48.5 Å². The lowest BCUT2D eigenvalue weighted by atomic mass is 9.64. The van der Waals surface area contributed by atoms with Crippen LogP contribution in [-0.4, -0.2) is 5.91 Å². The Balaban J connectivity index is 1.85. The predicted molar refractivity (Wildman–Crippen MR) is 77.0 cm³/mol. The normalized spacial score (nSPS) is 16.1. The molecule has 1 aliphatic rings. The Morgan fingerprint density at radius 1 is 1.00 bits per heavy atom. The van der Waals surface area contributed by atoms with Crippen LogP contribution < -0.4 is 5.32 Å². The van der Waals surface area contributed by atoms with Gasteiger partial charge in [-0.3, -0.25) is 4.79 Å². The van der Waals surface area contributed by atoms with E-state index in [0.29, 0.717) is 0 Å². The molecule has 1 N–H and O–H groups in total. The Morgan fingerprint density at radius 3 is 2.29 bits per heavy atom. The Hall–Kier alpha value is -2.23. The van der Waals surface area contributed by atoms with E-state index in [1.165, 1.54) is 6.07 Å². The highest BCUT2D eigenvalue weighted by atomic mass is 19.2. The van der Waals surface area contributed by atoms with Crippen molar-refractivity contribution < 1.29 is 13.6 Å². The van der Waals surface area contributed by atoms with Gasteiger partial charge in [0, 0.05) is 11.8 Å². The fraction of sp³-hybridized carbons (Fsp3) is 0.235. The molecule has 21 heavy (non-hydrogen) atoms. The molecule has 0 bridgehead atoms. The third-order valence-electron chi connectivity index (χ3n) is 4.15. The van der Waals surface area contributed by atoms with Crippen molar-refractivity contribution in [3.05, 3.63) is 65.7 Å². The molecule has 0 aliphatic heterocycles. The van der Waals surface area contributed by atoms with Crippen LogP contribution in [0, 0.1) is 11.6 Å². The van der Waals surface area contributed by atoms with E-state index in [1.54, 1.807) is 0 Å². The van der Waals surface area contributed by atoms with Crippen LogP contribution in [0.4, 0.5) is 14.5 Å². The number of carbonyl (C=O) groups excluding carboxylic acids is 1. The molecule has 4 heteroatoms. The van der Waals surface area contributed by atoms with E-state index in [2.05, 4.69) is 5.32 Å². The molecule has 1 saturated carbocycles. The smallest absolute Gasteiger partial charge is 0.235 e. The third kappa shape index (κ3) is 2.42. The Labute approximate surface area is 121 Å². The van der Waals surface area contributed by atoms with Crippen LogP contribution in [0.1, 0.15) is 24.8 Å². The number of benzene rings is 2. The zero-order valence-electron chi connectivity index (χ0n) is 11.4. The molecule has 1 amide bonds. The van der Waals surface area contributed by atoms with Gasteiger partial charge in [-0.05, 0) is 30.5 Å². The summed E-state index contributed by atoms with van der Waals surface area (Å²) in [5.41, 5.74) is 0.698. The van der Waals surface area contributed by atoms with Gasteiger partial charge >= 0.3 is 0 Å². The zero-order chi connectivity index (χ0) is 14.9. The monoisotopic (exact) mass is 287 g/mol. The van der Waals surface area contributed by atoms with Crippen molar-refractivity contribution in [2.24, 2.45) is 0 Å². The minimum absolute atomic E-state index is 0.161. The number of carbonyl (C=O) groups is 1. The van der Waals surface area contributed by atoms with E-state index in [4.69, 9.17) is 0 Å². The maximum atomic E-state index is 13.2. The second-order valence-corrected chi connectivity index (χ2v) is 5.38. The van der Waals surface area contributed by atoms with E-state index in [-0.39, 0.29) is 11.6 Å². The van der Waals surface area contributed by atoms with Crippen molar-refractivity contribution in [2.75, 3.05) is 5.32 Å². The van der Waals surface area contributed by atoms with Crippen LogP contribution in [0.25, 0.3) is 0 Å². The number of hydrogen-bond donors (Lipinski definition) is 1. The molecule has 0 unspecified atom stereocenters. The Bertz CT molecular complexity index is 666. The fourth-order valence-electron chi connectivity index (χ4n) is 2.76. The number of rotatable bonds is 3. The number of anilines is 1. The average Bonchev–Trinajstić information content (AvgIpc) is 2.43. The molecular weight excluding hydrogens is 272 g/mol. The Kier molecular flexibility index (Phi) is 3.45. The Morgan fingerprint density at radius 2 is 1.71 bits per heavy atom. The van der Waals surface area contributed by atoms with E-state index in [1.807, 2.05) is 30.3 Å². The van der Waals surface area contributed by atoms with E-state index in [0.717, 1.165) is 37.0 Å². The van der Waals surface area contributed by atoms with Gasteiger partial charge in [0.25, 0.3) is 0 Å². The topological polar surface area (TPSA) is 29.1 Å². The van der Waals surface area contributed by atoms with Crippen molar-refractivity contribution in [2.45, 2.75) is 24.7 Å². The lowest BCUT2D eigenvalue weighted by Gasteiger charge is -2.40. The molecule has 2 aromatic carbocycles. The van der Waals surface area contributed by atoms with Crippen molar-refractivity contribution >= 4 is 11.6 Å². The largest absolute Gasteiger partial charge is 0.325 e. The van der Waals surface area contributed by atoms with Gasteiger partial charge in [0.2, 0.25) is 5.91 Å². The first-order valence-electron chi connectivity index (χ1n) is 6.94. The molecule has 0 aromatic heterocycles. The highest BCUT2D eigenvalue weighted by molar-refractivity contribution is 5.99. The van der Waals surface area contributed by atoms with Crippen molar-refractivity contribution in [1.82, 2.24) is 0 Å². The summed E-state index contributed by atoms with van der Waals surface area (Å²) in [5.74, 6) is -2.05. The molecule has 0 heterocycles. The van der Waals surface area contributed by atoms with Crippen molar-refractivity contribution in [1.29, 1.82) is 0 Å². The van der Waals surface area contributed by atoms with Gasteiger partial charge in [0.1, 0.15) is 0 Å². The van der Waals surface area contributed by atoms with Gasteiger partial charge in [0.05, 0.1) is 5.41 Å². The minimum atomic E-state index is -0.963. The molecule has 2 aromatic rings. The van der Waals surface area contributed by atoms with Gasteiger partial charge in [-0.1, -0.05) is 36.8 Å². The summed E-state index contributed by atoms with van der Waals surface area (Å²) in [6, 6.07) is 13.0. The lowest BCUT2D eigenvalue weighted by Crippen LogP contribution is -2.46. The maximum absolute atomic E-state index is 13.2. The second-order valence-electron chi connectivity index (χ2n) is 5.38. The van der Waals surface area contributed by atoms with Crippen molar-refractivity contribution in [3.63, 3.8) is 0 Å². The molecule has 0 atom stereocenters. The van der Waals surface area contributed by atoms with Crippen LogP contribution in [-0.2, 0) is 10.2 Å². The fourth-order valence-corrected chi connectivity index (χ4v) is 2.76. The van der Waals surface area contributed by atoms with Crippen LogP contribution in [0.5, 0.6) is 0 Å². The van der Waals surface area contributed by atoms with Gasteiger partial charge in [-0.25, -0.2) is 8.78 Å². The summed E-state index contributed by atoms with van der Waals surface area (Å²) in [4.78, 5) is 12.6. The van der Waals surface area contributed by atoms with Gasteiger partial charge < -0.3 is 5.32 Å². The minimum Gasteiger partial charge on any atom is -0.325 e. The summed E-state index contributed by atoms with van der Waals surface area (Å²) < 4.78 is 26.1. The number of amides is 1. The molecule has 0 radical (unpaired) electrons. The first-order valence-corrected chi connectivity index (χ1v) is 6.94. The van der Waals surface area contributed by atoms with Gasteiger partial charge in [0.15, 0.2) is 11.6 Å². The molecule has 1 aliphatic carbocycles. The molecule has 3 rings (SSSR count). The summed E-state index contributed by atoms with van der Waals surface area (Å²) in [7, 11) is 0. The lowest BCUT2D eigenvalue weighted by molar-refractivity contribution is -0.124. The summed E-state index contributed by atoms with van der Waals surface area (Å²) in [6.07, 6.45) is 2.53. The number of hydrogen-bond acceptors (Lipinski definition) is 1. The SMILES string of the molecule is O=C(Nc1ccc(F)c(F)c1)C1(c2ccccc2)CCC1. The average molecular weight is 287 g/mol. The highest BCUT2D eigenvalue weighted by Gasteiger charge is 2.45. The molecule has 1 fully saturated rings. The second kappa shape index (κ2) is 5.28. The molecule has 0 spiro atoms. The van der Waals surface area contributed by atoms with Gasteiger partial charge in [-0.2, -0.15) is 0 Å². The molecule has 108 valence electrons. The number of nitrogens with one attached hydrogen (secondary N) is 1. The summed E-state index contributed by atoms with van der Waals surface area (Å²) in [5, 5.41) is 2.71. The van der Waals surface area contributed by atoms with Crippen LogP contribution in [0.3, 0.4) is 0 Å². The highest BCUT2D eigenvalue weighted by Crippen LogP contribution is 2.44. The van der Waals surface area contributed by atoms with Gasteiger partial charge in [-0.15, -0.1) is 0 Å². The maximum Gasteiger partial charge on any atom is 0.235 e.